The van der Waals surface area contributed by atoms with Gasteiger partial charge in [0.15, 0.2) is 12.2 Å². The highest BCUT2D eigenvalue weighted by Crippen LogP contribution is 2.32. The fourth-order valence-corrected chi connectivity index (χ4v) is 2.50. The van der Waals surface area contributed by atoms with E-state index in [9.17, 15) is 4.79 Å². The summed E-state index contributed by atoms with van der Waals surface area (Å²) < 4.78 is 10.8. The van der Waals surface area contributed by atoms with Crippen LogP contribution in [-0.4, -0.2) is 18.1 Å². The van der Waals surface area contributed by atoms with E-state index in [1.165, 1.54) is 6.39 Å². The highest BCUT2D eigenvalue weighted by Gasteiger charge is 2.14. The molecule has 25 heavy (non-hydrogen) atoms. The first-order chi connectivity index (χ1) is 12.2. The molecule has 2 aromatic carbocycles. The number of urea groups is 1. The van der Waals surface area contributed by atoms with E-state index in [4.69, 9.17) is 9.15 Å². The maximum absolute atomic E-state index is 12.1. The van der Waals surface area contributed by atoms with Crippen molar-refractivity contribution in [2.75, 3.05) is 12.4 Å². The van der Waals surface area contributed by atoms with Gasteiger partial charge in [-0.1, -0.05) is 24.3 Å². The molecule has 0 fully saturated rings. The monoisotopic (exact) mass is 337 g/mol. The van der Waals surface area contributed by atoms with Crippen LogP contribution in [0.1, 0.15) is 18.5 Å². The molecule has 1 atom stereocenters. The number of nitrogens with one attached hydrogen (secondary N) is 2. The first kappa shape index (κ1) is 16.6. The number of para-hydroxylation sites is 1. The molecule has 3 rings (SSSR count). The molecule has 6 heteroatoms. The summed E-state index contributed by atoms with van der Waals surface area (Å²) in [5.41, 5.74) is 2.47. The van der Waals surface area contributed by atoms with Crippen molar-refractivity contribution in [3.8, 4) is 17.1 Å². The van der Waals surface area contributed by atoms with Gasteiger partial charge in [-0.15, -0.1) is 0 Å². The number of carbonyl (C=O) groups excluding carboxylic acids is 1. The van der Waals surface area contributed by atoms with Crippen LogP contribution in [0.3, 0.4) is 0 Å². The molecule has 128 valence electrons. The van der Waals surface area contributed by atoms with Crippen molar-refractivity contribution in [3.63, 3.8) is 0 Å². The molecule has 0 bridgehead atoms. The van der Waals surface area contributed by atoms with Crippen LogP contribution >= 0.6 is 0 Å². The topological polar surface area (TPSA) is 76.4 Å². The summed E-state index contributed by atoms with van der Waals surface area (Å²) in [6.07, 6.45) is 3.01. The lowest BCUT2D eigenvalue weighted by atomic mass is 10.0. The maximum atomic E-state index is 12.1. The van der Waals surface area contributed by atoms with Gasteiger partial charge in [0.05, 0.1) is 24.9 Å². The van der Waals surface area contributed by atoms with Crippen molar-refractivity contribution < 1.29 is 13.9 Å². The average molecular weight is 337 g/mol. The first-order valence-corrected chi connectivity index (χ1v) is 7.86. The molecule has 0 aliphatic rings. The van der Waals surface area contributed by atoms with Crippen molar-refractivity contribution in [2.45, 2.75) is 13.0 Å². The number of ether oxygens (including phenoxy) is 1. The largest absolute Gasteiger partial charge is 0.496 e. The second kappa shape index (κ2) is 7.53. The molecular weight excluding hydrogens is 318 g/mol. The molecule has 0 spiro atoms. The van der Waals surface area contributed by atoms with Gasteiger partial charge in [-0.25, -0.2) is 9.78 Å². The van der Waals surface area contributed by atoms with E-state index in [-0.39, 0.29) is 12.1 Å². The number of amides is 2. The minimum absolute atomic E-state index is 0.193. The smallest absolute Gasteiger partial charge is 0.319 e. The number of hydrogen-bond acceptors (Lipinski definition) is 4. The lowest BCUT2D eigenvalue weighted by Gasteiger charge is -2.17. The molecular formula is C19H19N3O3. The van der Waals surface area contributed by atoms with E-state index in [0.29, 0.717) is 11.5 Å². The van der Waals surface area contributed by atoms with Crippen molar-refractivity contribution in [2.24, 2.45) is 0 Å². The Morgan fingerprint density at radius 3 is 2.68 bits per heavy atom. The molecule has 3 aromatic rings. The maximum Gasteiger partial charge on any atom is 0.319 e. The molecule has 0 saturated heterocycles. The van der Waals surface area contributed by atoms with Crippen LogP contribution in [0.2, 0.25) is 0 Å². The molecule has 0 unspecified atom stereocenters. The third-order valence-corrected chi connectivity index (χ3v) is 3.80. The highest BCUT2D eigenvalue weighted by molar-refractivity contribution is 5.89. The molecule has 0 radical (unpaired) electrons. The number of benzene rings is 2. The van der Waals surface area contributed by atoms with E-state index in [1.807, 2.05) is 55.5 Å². The van der Waals surface area contributed by atoms with Crippen LogP contribution in [0.5, 0.6) is 5.75 Å². The van der Waals surface area contributed by atoms with E-state index in [1.54, 1.807) is 13.3 Å². The predicted molar refractivity (Wildman–Crippen MR) is 95.5 cm³/mol. The van der Waals surface area contributed by atoms with Crippen LogP contribution in [0, 0.1) is 0 Å². The Morgan fingerprint density at radius 1 is 1.20 bits per heavy atom. The van der Waals surface area contributed by atoms with Crippen molar-refractivity contribution in [1.82, 2.24) is 10.3 Å². The number of oxazole rings is 1. The molecule has 0 saturated carbocycles. The lowest BCUT2D eigenvalue weighted by Crippen LogP contribution is -2.31. The molecule has 1 aromatic heterocycles. The van der Waals surface area contributed by atoms with Gasteiger partial charge in [-0.2, -0.15) is 0 Å². The predicted octanol–water partition coefficient (Wildman–Crippen LogP) is 4.23. The average Bonchev–Trinajstić information content (AvgIpc) is 3.16. The zero-order valence-electron chi connectivity index (χ0n) is 14.0. The summed E-state index contributed by atoms with van der Waals surface area (Å²) in [5, 5.41) is 5.71. The normalized spacial score (nSPS) is 11.6. The number of carbonyl (C=O) groups is 1. The van der Waals surface area contributed by atoms with Gasteiger partial charge in [-0.05, 0) is 36.8 Å². The van der Waals surface area contributed by atoms with Crippen molar-refractivity contribution in [1.29, 1.82) is 0 Å². The summed E-state index contributed by atoms with van der Waals surface area (Å²) in [5.74, 6) is 1.29. The van der Waals surface area contributed by atoms with Gasteiger partial charge in [-0.3, -0.25) is 0 Å². The Morgan fingerprint density at radius 2 is 2.00 bits per heavy atom. The summed E-state index contributed by atoms with van der Waals surface area (Å²) in [7, 11) is 1.60. The summed E-state index contributed by atoms with van der Waals surface area (Å²) in [6.45, 7) is 1.91. The van der Waals surface area contributed by atoms with Gasteiger partial charge in [0.2, 0.25) is 0 Å². The summed E-state index contributed by atoms with van der Waals surface area (Å²) in [4.78, 5) is 16.1. The minimum Gasteiger partial charge on any atom is -0.496 e. The van der Waals surface area contributed by atoms with E-state index >= 15 is 0 Å². The SMILES string of the molecule is COc1cc([C@H](C)NC(=O)Nc2ccccc2)ccc1-c1cnco1. The molecule has 2 amide bonds. The molecule has 0 aliphatic heterocycles. The van der Waals surface area contributed by atoms with Crippen LogP contribution in [-0.2, 0) is 0 Å². The van der Waals surface area contributed by atoms with Gasteiger partial charge >= 0.3 is 6.03 Å². The zero-order valence-corrected chi connectivity index (χ0v) is 14.0. The molecule has 6 nitrogen and oxygen atoms in total. The van der Waals surface area contributed by atoms with E-state index in [2.05, 4.69) is 15.6 Å². The fourth-order valence-electron chi connectivity index (χ4n) is 2.50. The third-order valence-electron chi connectivity index (χ3n) is 3.80. The second-order valence-electron chi connectivity index (χ2n) is 5.51. The van der Waals surface area contributed by atoms with Crippen molar-refractivity contribution >= 4 is 11.7 Å². The van der Waals surface area contributed by atoms with Crippen LogP contribution in [0.25, 0.3) is 11.3 Å². The number of rotatable bonds is 5. The highest BCUT2D eigenvalue weighted by atomic mass is 16.5. The lowest BCUT2D eigenvalue weighted by molar-refractivity contribution is 0.249. The minimum atomic E-state index is -0.267. The van der Waals surface area contributed by atoms with Gasteiger partial charge in [0, 0.05) is 5.69 Å². The van der Waals surface area contributed by atoms with E-state index < -0.39 is 0 Å². The quantitative estimate of drug-likeness (QED) is 0.730. The third kappa shape index (κ3) is 3.98. The summed E-state index contributed by atoms with van der Waals surface area (Å²) in [6, 6.07) is 14.5. The number of methoxy groups -OCH3 is 1. The Kier molecular flexibility index (Phi) is 4.99. The van der Waals surface area contributed by atoms with Crippen LogP contribution < -0.4 is 15.4 Å². The van der Waals surface area contributed by atoms with Gasteiger partial charge in [0.1, 0.15) is 5.75 Å². The standard InChI is InChI=1S/C19H19N3O3/c1-13(21-19(23)22-15-6-4-3-5-7-15)14-8-9-16(17(10-14)24-2)18-11-20-12-25-18/h3-13H,1-2H3,(H2,21,22,23)/t13-/m0/s1. The Bertz CT molecular complexity index is 832. The Balaban J connectivity index is 1.71. The molecule has 1 heterocycles. The Hall–Kier alpha value is -3.28. The Labute approximate surface area is 145 Å². The number of anilines is 1. The molecule has 0 aliphatic carbocycles. The van der Waals surface area contributed by atoms with Crippen LogP contribution in [0.15, 0.2) is 65.5 Å². The van der Waals surface area contributed by atoms with Gasteiger partial charge < -0.3 is 19.8 Å². The summed E-state index contributed by atoms with van der Waals surface area (Å²) >= 11 is 0. The van der Waals surface area contributed by atoms with Crippen molar-refractivity contribution in [3.05, 3.63) is 66.7 Å². The first-order valence-electron chi connectivity index (χ1n) is 7.86. The second-order valence-corrected chi connectivity index (χ2v) is 5.51. The number of nitrogens with zero attached hydrogens (tertiary/aromatic N) is 1. The van der Waals surface area contributed by atoms with Crippen LogP contribution in [0.4, 0.5) is 10.5 Å². The zero-order chi connectivity index (χ0) is 17.6. The molecule has 2 N–H and O–H groups in total. The number of hydrogen-bond donors (Lipinski definition) is 2. The number of aromatic nitrogens is 1. The van der Waals surface area contributed by atoms with Gasteiger partial charge in [0.25, 0.3) is 0 Å². The van der Waals surface area contributed by atoms with E-state index in [0.717, 1.165) is 16.8 Å². The fraction of sp³-hybridized carbons (Fsp3) is 0.158.